The number of rotatable bonds is 6. The molecule has 0 saturated carbocycles. The molecular weight excluding hydrogens is 615 g/mol. The summed E-state index contributed by atoms with van der Waals surface area (Å²) in [6, 6.07) is 18.2. The minimum Gasteiger partial charge on any atom is -0.361 e. The van der Waals surface area contributed by atoms with E-state index in [4.69, 9.17) is 28.9 Å². The third-order valence-electron chi connectivity index (χ3n) is 7.74. The molecule has 0 spiro atoms. The predicted molar refractivity (Wildman–Crippen MR) is 174 cm³/mol. The van der Waals surface area contributed by atoms with Crippen LogP contribution in [0.25, 0.3) is 10.9 Å². The maximum atomic E-state index is 13.9. The summed E-state index contributed by atoms with van der Waals surface area (Å²) < 4.78 is 0. The number of fused-ring (bicyclic) bond motifs is 1. The number of halogens is 2. The van der Waals surface area contributed by atoms with Gasteiger partial charge in [-0.05, 0) is 41.3 Å². The van der Waals surface area contributed by atoms with Gasteiger partial charge in [-0.25, -0.2) is 0 Å². The number of para-hydroxylation sites is 1. The highest BCUT2D eigenvalue weighted by molar-refractivity contribution is 6.42. The van der Waals surface area contributed by atoms with Gasteiger partial charge in [-0.3, -0.25) is 19.2 Å². The fourth-order valence-corrected chi connectivity index (χ4v) is 5.71. The summed E-state index contributed by atoms with van der Waals surface area (Å²) >= 11 is 12.3. The SMILES string of the molecule is N[C@@H]1CC(=O)N[C@@H](Cc2c[nH]c3ccccc23)C(=O)N[C@@H](Cc2ccccc2)C(=O)N[C@H](Cc2ccc(Cl)c(Cl)c2)CNC1=O. The van der Waals surface area contributed by atoms with Crippen molar-refractivity contribution in [2.24, 2.45) is 5.73 Å². The molecule has 4 aromatic rings. The molecule has 1 fully saturated rings. The standard InChI is InChI=1S/C33H34Cl2N6O4/c34-24-11-10-20(13-25(24)35)12-22-18-38-31(43)26(36)16-30(42)40-29(15-21-17-37-27-9-5-4-8-23(21)27)33(45)41-28(32(44)39-22)14-19-6-2-1-3-7-19/h1-11,13,17,22,26,28-29,37H,12,14-16,18,36H2,(H,38,43)(H,39,44)(H,40,42)(H,41,45)/t22-,26-,28+,29+/m1/s1. The van der Waals surface area contributed by atoms with Gasteiger partial charge in [0.15, 0.2) is 0 Å². The molecule has 1 aromatic heterocycles. The highest BCUT2D eigenvalue weighted by Crippen LogP contribution is 2.23. The summed E-state index contributed by atoms with van der Waals surface area (Å²) in [5.74, 6) is -2.12. The van der Waals surface area contributed by atoms with Crippen LogP contribution in [0.3, 0.4) is 0 Å². The summed E-state index contributed by atoms with van der Waals surface area (Å²) in [5, 5.41) is 13.0. The lowest BCUT2D eigenvalue weighted by Crippen LogP contribution is -2.59. The monoisotopic (exact) mass is 648 g/mol. The van der Waals surface area contributed by atoms with E-state index in [2.05, 4.69) is 26.3 Å². The summed E-state index contributed by atoms with van der Waals surface area (Å²) in [6.07, 6.45) is 2.09. The van der Waals surface area contributed by atoms with E-state index in [-0.39, 0.29) is 25.8 Å². The second-order valence-electron chi connectivity index (χ2n) is 11.1. The Bertz CT molecular complexity index is 1700. The number of carbonyl (C=O) groups is 4. The van der Waals surface area contributed by atoms with Gasteiger partial charge in [0.05, 0.1) is 28.5 Å². The van der Waals surface area contributed by atoms with Crippen molar-refractivity contribution < 1.29 is 19.2 Å². The second-order valence-corrected chi connectivity index (χ2v) is 12.0. The zero-order valence-electron chi connectivity index (χ0n) is 24.3. The van der Waals surface area contributed by atoms with Crippen LogP contribution in [0.4, 0.5) is 0 Å². The maximum Gasteiger partial charge on any atom is 0.243 e. The zero-order chi connectivity index (χ0) is 31.9. The summed E-state index contributed by atoms with van der Waals surface area (Å²) in [6.45, 7) is 0.0231. The average Bonchev–Trinajstić information content (AvgIpc) is 3.43. The number of benzene rings is 3. The Kier molecular flexibility index (Phi) is 10.4. The topological polar surface area (TPSA) is 158 Å². The van der Waals surface area contributed by atoms with Gasteiger partial charge in [0.2, 0.25) is 23.6 Å². The molecule has 1 aliphatic rings. The van der Waals surface area contributed by atoms with E-state index in [0.717, 1.165) is 27.6 Å². The predicted octanol–water partition coefficient (Wildman–Crippen LogP) is 2.80. The number of nitrogens with two attached hydrogens (primary N) is 1. The highest BCUT2D eigenvalue weighted by atomic mass is 35.5. The third-order valence-corrected chi connectivity index (χ3v) is 8.48. The highest BCUT2D eigenvalue weighted by Gasteiger charge is 2.31. The summed E-state index contributed by atoms with van der Waals surface area (Å²) in [4.78, 5) is 56.9. The van der Waals surface area contributed by atoms with Crippen molar-refractivity contribution in [1.82, 2.24) is 26.3 Å². The smallest absolute Gasteiger partial charge is 0.243 e. The Morgan fingerprint density at radius 2 is 1.42 bits per heavy atom. The van der Waals surface area contributed by atoms with Gasteiger partial charge < -0.3 is 32.0 Å². The first-order valence-corrected chi connectivity index (χ1v) is 15.4. The molecule has 0 bridgehead atoms. The van der Waals surface area contributed by atoms with Crippen LogP contribution in [-0.2, 0) is 38.4 Å². The fraction of sp³-hybridized carbons (Fsp3) is 0.273. The molecule has 7 N–H and O–H groups in total. The Morgan fingerprint density at radius 3 is 2.20 bits per heavy atom. The third kappa shape index (κ3) is 8.42. The first-order valence-electron chi connectivity index (χ1n) is 14.6. The Balaban J connectivity index is 1.45. The maximum absolute atomic E-state index is 13.9. The fourth-order valence-electron chi connectivity index (χ4n) is 5.39. The molecule has 10 nitrogen and oxygen atoms in total. The van der Waals surface area contributed by atoms with Crippen molar-refractivity contribution in [2.45, 2.75) is 49.9 Å². The van der Waals surface area contributed by atoms with E-state index in [9.17, 15) is 19.2 Å². The van der Waals surface area contributed by atoms with Crippen molar-refractivity contribution in [3.05, 3.63) is 106 Å². The van der Waals surface area contributed by atoms with Crippen LogP contribution in [-0.4, -0.2) is 59.3 Å². The van der Waals surface area contributed by atoms with Gasteiger partial charge in [0, 0.05) is 36.5 Å². The Hall–Kier alpha value is -4.38. The van der Waals surface area contributed by atoms with Crippen molar-refractivity contribution >= 4 is 57.7 Å². The largest absolute Gasteiger partial charge is 0.361 e. The van der Waals surface area contributed by atoms with E-state index in [1.807, 2.05) is 54.6 Å². The van der Waals surface area contributed by atoms with Crippen molar-refractivity contribution in [1.29, 1.82) is 0 Å². The molecule has 4 atom stereocenters. The number of carbonyl (C=O) groups excluding carboxylic acids is 4. The lowest BCUT2D eigenvalue weighted by atomic mass is 10.0. The molecule has 0 unspecified atom stereocenters. The van der Waals surface area contributed by atoms with Gasteiger partial charge in [-0.1, -0.05) is 77.8 Å². The first kappa shape index (κ1) is 32.0. The van der Waals surface area contributed by atoms with Crippen LogP contribution in [0.5, 0.6) is 0 Å². The van der Waals surface area contributed by atoms with Crippen LogP contribution in [0, 0.1) is 0 Å². The Labute approximate surface area is 270 Å². The number of aromatic amines is 1. The summed E-state index contributed by atoms with van der Waals surface area (Å²) in [5.41, 5.74) is 9.37. The number of hydrogen-bond acceptors (Lipinski definition) is 5. The molecule has 4 amide bonds. The van der Waals surface area contributed by atoms with Gasteiger partial charge >= 0.3 is 0 Å². The van der Waals surface area contributed by atoms with E-state index >= 15 is 0 Å². The molecule has 2 heterocycles. The first-order chi connectivity index (χ1) is 21.7. The van der Waals surface area contributed by atoms with Crippen LogP contribution in [0.2, 0.25) is 10.0 Å². The lowest BCUT2D eigenvalue weighted by Gasteiger charge is -2.27. The molecule has 234 valence electrons. The van der Waals surface area contributed by atoms with Gasteiger partial charge in [0.1, 0.15) is 12.1 Å². The van der Waals surface area contributed by atoms with Crippen LogP contribution in [0.1, 0.15) is 23.1 Å². The molecule has 3 aromatic carbocycles. The molecule has 12 heteroatoms. The molecule has 0 aliphatic carbocycles. The molecular formula is C33H34Cl2N6O4. The number of H-pyrrole nitrogens is 1. The molecule has 1 aliphatic heterocycles. The van der Waals surface area contributed by atoms with E-state index in [0.29, 0.717) is 16.5 Å². The molecule has 45 heavy (non-hydrogen) atoms. The average molecular weight is 650 g/mol. The number of amides is 4. The Morgan fingerprint density at radius 1 is 0.711 bits per heavy atom. The minimum absolute atomic E-state index is 0.0231. The van der Waals surface area contributed by atoms with Crippen LogP contribution in [0.15, 0.2) is 79.0 Å². The van der Waals surface area contributed by atoms with Crippen LogP contribution < -0.4 is 27.0 Å². The van der Waals surface area contributed by atoms with Gasteiger partial charge in [-0.2, -0.15) is 0 Å². The summed E-state index contributed by atoms with van der Waals surface area (Å²) in [7, 11) is 0. The van der Waals surface area contributed by atoms with Gasteiger partial charge in [0.25, 0.3) is 0 Å². The van der Waals surface area contributed by atoms with Crippen molar-refractivity contribution in [3.63, 3.8) is 0 Å². The van der Waals surface area contributed by atoms with Crippen molar-refractivity contribution in [2.75, 3.05) is 6.54 Å². The van der Waals surface area contributed by atoms with E-state index < -0.39 is 47.8 Å². The number of aromatic nitrogens is 1. The van der Waals surface area contributed by atoms with E-state index in [1.54, 1.807) is 24.4 Å². The lowest BCUT2D eigenvalue weighted by molar-refractivity contribution is -0.133. The minimum atomic E-state index is -1.17. The second kappa shape index (κ2) is 14.6. The molecule has 0 radical (unpaired) electrons. The van der Waals surface area contributed by atoms with Crippen LogP contribution >= 0.6 is 23.2 Å². The zero-order valence-corrected chi connectivity index (χ0v) is 25.8. The van der Waals surface area contributed by atoms with Gasteiger partial charge in [-0.15, -0.1) is 0 Å². The molecule has 5 rings (SSSR count). The molecule has 1 saturated heterocycles. The van der Waals surface area contributed by atoms with Crippen molar-refractivity contribution in [3.8, 4) is 0 Å². The normalized spacial score (nSPS) is 21.8. The van der Waals surface area contributed by atoms with E-state index in [1.165, 1.54) is 0 Å². The number of hydrogen-bond donors (Lipinski definition) is 6. The quantitative estimate of drug-likeness (QED) is 0.189. The number of nitrogens with one attached hydrogen (secondary N) is 5.